The minimum atomic E-state index is 0.534. The number of carbonyl (C=O) groups excluding carboxylic acids is 1. The van der Waals surface area contributed by atoms with E-state index in [0.29, 0.717) is 30.3 Å². The van der Waals surface area contributed by atoms with Gasteiger partial charge in [-0.1, -0.05) is 13.2 Å². The van der Waals surface area contributed by atoms with Crippen molar-refractivity contribution in [3.05, 3.63) is 48.0 Å². The first-order valence-corrected chi connectivity index (χ1v) is 5.86. The largest absolute Gasteiger partial charge is 0.494 e. The highest BCUT2D eigenvalue weighted by atomic mass is 16.5. The normalized spacial score (nSPS) is 9.67. The predicted octanol–water partition coefficient (Wildman–Crippen LogP) is 3.51. The molecule has 0 atom stereocenters. The molecule has 0 aliphatic rings. The molecule has 0 bridgehead atoms. The van der Waals surface area contributed by atoms with Crippen molar-refractivity contribution < 1.29 is 14.3 Å². The number of ether oxygens (including phenoxy) is 2. The molecule has 18 heavy (non-hydrogen) atoms. The quantitative estimate of drug-likeness (QED) is 0.545. The Morgan fingerprint density at radius 3 is 1.83 bits per heavy atom. The van der Waals surface area contributed by atoms with E-state index >= 15 is 0 Å². The van der Waals surface area contributed by atoms with Gasteiger partial charge in [0.15, 0.2) is 0 Å². The van der Waals surface area contributed by atoms with Crippen LogP contribution in [0.2, 0.25) is 0 Å². The van der Waals surface area contributed by atoms with Gasteiger partial charge in [-0.05, 0) is 32.0 Å². The molecule has 0 saturated heterocycles. The molecule has 0 aliphatic carbocycles. The Hall–Kier alpha value is -2.03. The lowest BCUT2D eigenvalue weighted by atomic mass is 10.0. The molecule has 3 nitrogen and oxygen atoms in total. The fourth-order valence-electron chi connectivity index (χ4n) is 1.56. The van der Waals surface area contributed by atoms with Crippen molar-refractivity contribution in [2.45, 2.75) is 13.8 Å². The van der Waals surface area contributed by atoms with E-state index in [1.165, 1.54) is 0 Å². The highest BCUT2D eigenvalue weighted by Crippen LogP contribution is 2.22. The van der Waals surface area contributed by atoms with Gasteiger partial charge in [0, 0.05) is 16.7 Å². The van der Waals surface area contributed by atoms with E-state index in [9.17, 15) is 4.79 Å². The first-order chi connectivity index (χ1) is 8.62. The molecule has 0 amide bonds. The van der Waals surface area contributed by atoms with Gasteiger partial charge in [0.2, 0.25) is 0 Å². The van der Waals surface area contributed by atoms with E-state index in [-0.39, 0.29) is 0 Å². The van der Waals surface area contributed by atoms with Gasteiger partial charge < -0.3 is 9.47 Å². The summed E-state index contributed by atoms with van der Waals surface area (Å²) in [7, 11) is 0. The Balaban J connectivity index is 3.12. The van der Waals surface area contributed by atoms with E-state index in [0.717, 1.165) is 17.4 Å². The van der Waals surface area contributed by atoms with Crippen molar-refractivity contribution in [2.75, 3.05) is 13.2 Å². The summed E-state index contributed by atoms with van der Waals surface area (Å²) in [4.78, 5) is 10.9. The summed E-state index contributed by atoms with van der Waals surface area (Å²) in [6.45, 7) is 12.5. The Kier molecular flexibility index (Phi) is 5.18. The lowest BCUT2D eigenvalue weighted by molar-refractivity contribution is 0.112. The molecule has 1 aromatic rings. The third-order valence-corrected chi connectivity index (χ3v) is 2.37. The molecule has 0 unspecified atom stereocenters. The molecule has 0 fully saturated rings. The predicted molar refractivity (Wildman–Crippen MR) is 73.1 cm³/mol. The maximum absolute atomic E-state index is 10.9. The first kappa shape index (κ1) is 14.0. The second-order valence-electron chi connectivity index (χ2n) is 3.67. The molecular formula is C15H18O3. The molecule has 1 aromatic carbocycles. The summed E-state index contributed by atoms with van der Waals surface area (Å²) in [5, 5.41) is 0. The minimum absolute atomic E-state index is 0.534. The molecule has 0 spiro atoms. The lowest BCUT2D eigenvalue weighted by Crippen LogP contribution is -1.96. The fraction of sp³-hybridized carbons (Fsp3) is 0.267. The maximum Gasteiger partial charge on any atom is 0.150 e. The second-order valence-corrected chi connectivity index (χ2v) is 3.67. The number of rotatable bonds is 7. The third-order valence-electron chi connectivity index (χ3n) is 2.37. The highest BCUT2D eigenvalue weighted by Gasteiger charge is 2.07. The van der Waals surface area contributed by atoms with Crippen LogP contribution in [-0.2, 0) is 9.47 Å². The monoisotopic (exact) mass is 246 g/mol. The van der Waals surface area contributed by atoms with Crippen molar-refractivity contribution in [1.29, 1.82) is 0 Å². The van der Waals surface area contributed by atoms with Crippen LogP contribution in [0.5, 0.6) is 0 Å². The Morgan fingerprint density at radius 1 is 1.06 bits per heavy atom. The zero-order chi connectivity index (χ0) is 13.5. The Morgan fingerprint density at radius 2 is 1.50 bits per heavy atom. The van der Waals surface area contributed by atoms with Crippen molar-refractivity contribution in [3.63, 3.8) is 0 Å². The van der Waals surface area contributed by atoms with Gasteiger partial charge in [-0.3, -0.25) is 4.79 Å². The van der Waals surface area contributed by atoms with Gasteiger partial charge in [-0.25, -0.2) is 0 Å². The zero-order valence-electron chi connectivity index (χ0n) is 10.9. The van der Waals surface area contributed by atoms with Crippen LogP contribution >= 0.6 is 0 Å². The van der Waals surface area contributed by atoms with Crippen LogP contribution in [0.15, 0.2) is 31.4 Å². The van der Waals surface area contributed by atoms with Crippen molar-refractivity contribution in [2.24, 2.45) is 0 Å². The van der Waals surface area contributed by atoms with Gasteiger partial charge in [0.1, 0.15) is 17.8 Å². The van der Waals surface area contributed by atoms with Crippen LogP contribution in [0.1, 0.15) is 35.3 Å². The van der Waals surface area contributed by atoms with Gasteiger partial charge in [0.25, 0.3) is 0 Å². The van der Waals surface area contributed by atoms with E-state index < -0.39 is 0 Å². The van der Waals surface area contributed by atoms with Gasteiger partial charge >= 0.3 is 0 Å². The fourth-order valence-corrected chi connectivity index (χ4v) is 1.56. The second kappa shape index (κ2) is 6.64. The average Bonchev–Trinajstić information content (AvgIpc) is 2.38. The van der Waals surface area contributed by atoms with E-state index in [4.69, 9.17) is 9.47 Å². The molecule has 96 valence electrons. The van der Waals surface area contributed by atoms with Crippen LogP contribution in [0.3, 0.4) is 0 Å². The van der Waals surface area contributed by atoms with E-state index in [1.54, 1.807) is 12.1 Å². The number of hydrogen-bond donors (Lipinski definition) is 0. The molecule has 0 heterocycles. The summed E-state index contributed by atoms with van der Waals surface area (Å²) >= 11 is 0. The van der Waals surface area contributed by atoms with Crippen molar-refractivity contribution in [1.82, 2.24) is 0 Å². The zero-order valence-corrected chi connectivity index (χ0v) is 10.9. The van der Waals surface area contributed by atoms with Crippen molar-refractivity contribution in [3.8, 4) is 0 Å². The average molecular weight is 246 g/mol. The molecule has 3 heteroatoms. The van der Waals surface area contributed by atoms with E-state index in [1.807, 2.05) is 19.9 Å². The SMILES string of the molecule is C=C(OCC)c1cc(C=O)cc(C(=C)OCC)c1. The molecule has 0 N–H and O–H groups in total. The number of hydrogen-bond acceptors (Lipinski definition) is 3. The summed E-state index contributed by atoms with van der Waals surface area (Å²) in [5.74, 6) is 1.07. The summed E-state index contributed by atoms with van der Waals surface area (Å²) in [6.07, 6.45) is 0.783. The van der Waals surface area contributed by atoms with Crippen LogP contribution < -0.4 is 0 Å². The third kappa shape index (κ3) is 3.48. The van der Waals surface area contributed by atoms with Crippen LogP contribution in [0.25, 0.3) is 11.5 Å². The minimum Gasteiger partial charge on any atom is -0.494 e. The molecule has 0 aliphatic heterocycles. The van der Waals surface area contributed by atoms with Gasteiger partial charge in [0.05, 0.1) is 13.2 Å². The van der Waals surface area contributed by atoms with Crippen LogP contribution in [0.4, 0.5) is 0 Å². The van der Waals surface area contributed by atoms with Gasteiger partial charge in [-0.15, -0.1) is 0 Å². The number of aldehydes is 1. The summed E-state index contributed by atoms with van der Waals surface area (Å²) in [6, 6.07) is 5.31. The lowest BCUT2D eigenvalue weighted by Gasteiger charge is -2.12. The molecular weight excluding hydrogens is 228 g/mol. The summed E-state index contributed by atoms with van der Waals surface area (Å²) < 4.78 is 10.7. The number of benzene rings is 1. The summed E-state index contributed by atoms with van der Waals surface area (Å²) in [5.41, 5.74) is 2.07. The molecule has 1 rings (SSSR count). The van der Waals surface area contributed by atoms with Crippen molar-refractivity contribution >= 4 is 17.8 Å². The molecule has 0 aromatic heterocycles. The smallest absolute Gasteiger partial charge is 0.150 e. The van der Waals surface area contributed by atoms with Gasteiger partial charge in [-0.2, -0.15) is 0 Å². The highest BCUT2D eigenvalue weighted by molar-refractivity contribution is 5.80. The van der Waals surface area contributed by atoms with Crippen LogP contribution in [0, 0.1) is 0 Å². The van der Waals surface area contributed by atoms with E-state index in [2.05, 4.69) is 13.2 Å². The Bertz CT molecular complexity index is 425. The number of carbonyl (C=O) groups is 1. The topological polar surface area (TPSA) is 35.5 Å². The van der Waals surface area contributed by atoms with Crippen LogP contribution in [-0.4, -0.2) is 19.5 Å². The first-order valence-electron chi connectivity index (χ1n) is 5.86. The molecule has 0 radical (unpaired) electrons. The molecule has 0 saturated carbocycles. The maximum atomic E-state index is 10.9. The Labute approximate surface area is 108 Å². The standard InChI is InChI=1S/C15H18O3/c1-5-17-11(3)14-7-13(10-16)8-15(9-14)12(4)18-6-2/h7-10H,3-6H2,1-2H3.